The predicted octanol–water partition coefficient (Wildman–Crippen LogP) is 3.13. The average molecular weight is 432 g/mol. The molecule has 7 nitrogen and oxygen atoms in total. The minimum Gasteiger partial charge on any atom is -0.383 e. The highest BCUT2D eigenvalue weighted by Gasteiger charge is 2.28. The van der Waals surface area contributed by atoms with Crippen molar-refractivity contribution in [2.24, 2.45) is 0 Å². The summed E-state index contributed by atoms with van der Waals surface area (Å²) in [7, 11) is -1.66. The molecule has 0 aliphatic carbocycles. The van der Waals surface area contributed by atoms with Crippen molar-refractivity contribution in [3.05, 3.63) is 54.1 Å². The Morgan fingerprint density at radius 3 is 2.62 bits per heavy atom. The smallest absolute Gasteiger partial charge is 0.260 e. The number of anilines is 2. The van der Waals surface area contributed by atoms with Gasteiger partial charge in [0, 0.05) is 19.2 Å². The van der Waals surface area contributed by atoms with Crippen LogP contribution in [0.2, 0.25) is 0 Å². The van der Waals surface area contributed by atoms with Crippen molar-refractivity contribution in [2.45, 2.75) is 6.42 Å². The highest BCUT2D eigenvalue weighted by atomic mass is 32.2. The Hall–Kier alpha value is -2.49. The summed E-state index contributed by atoms with van der Waals surface area (Å²) in [4.78, 5) is 19.4. The fraction of sp³-hybridized carbons (Fsp3) is 0.300. The molecule has 1 fully saturated rings. The van der Waals surface area contributed by atoms with Gasteiger partial charge in [0.05, 0.1) is 34.8 Å². The van der Waals surface area contributed by atoms with Crippen molar-refractivity contribution in [2.75, 3.05) is 41.8 Å². The fourth-order valence-corrected chi connectivity index (χ4v) is 5.85. The summed E-state index contributed by atoms with van der Waals surface area (Å²) < 4.78 is 31.8. The second-order valence-electron chi connectivity index (χ2n) is 6.70. The first kappa shape index (κ1) is 19.8. The SMILES string of the molecule is COCCN(C(=O)c1ccc(N2CCCS2(=O)=O)cc1)c1nc2ccccc2s1. The lowest BCUT2D eigenvalue weighted by Crippen LogP contribution is -2.34. The number of thiazole rings is 1. The number of hydrogen-bond donors (Lipinski definition) is 0. The van der Waals surface area contributed by atoms with Gasteiger partial charge < -0.3 is 4.74 Å². The Kier molecular flexibility index (Phi) is 5.53. The summed E-state index contributed by atoms with van der Waals surface area (Å²) in [5, 5.41) is 0.611. The van der Waals surface area contributed by atoms with Crippen LogP contribution < -0.4 is 9.21 Å². The first-order valence-electron chi connectivity index (χ1n) is 9.26. The molecule has 1 aliphatic heterocycles. The van der Waals surface area contributed by atoms with E-state index in [0.717, 1.165) is 10.2 Å². The van der Waals surface area contributed by atoms with Gasteiger partial charge in [0.15, 0.2) is 5.13 Å². The molecule has 2 heterocycles. The molecule has 1 aliphatic rings. The zero-order valence-corrected chi connectivity index (χ0v) is 17.6. The second kappa shape index (κ2) is 8.10. The van der Waals surface area contributed by atoms with E-state index in [-0.39, 0.29) is 11.7 Å². The number of hydrogen-bond acceptors (Lipinski definition) is 6. The standard InChI is InChI=1S/C20H21N3O4S2/c1-27-13-12-22(20-21-17-5-2-3-6-18(17)28-20)19(24)15-7-9-16(10-8-15)23-11-4-14-29(23,25)26/h2-3,5-10H,4,11-14H2,1H3. The molecule has 9 heteroatoms. The molecule has 29 heavy (non-hydrogen) atoms. The third-order valence-electron chi connectivity index (χ3n) is 4.78. The van der Waals surface area contributed by atoms with Crippen LogP contribution in [0.3, 0.4) is 0 Å². The number of carbonyl (C=O) groups excluding carboxylic acids is 1. The van der Waals surface area contributed by atoms with E-state index in [4.69, 9.17) is 4.74 Å². The third kappa shape index (κ3) is 3.98. The minimum atomic E-state index is -3.25. The summed E-state index contributed by atoms with van der Waals surface area (Å²) in [5.74, 6) is -0.0345. The van der Waals surface area contributed by atoms with Crippen LogP contribution in [0, 0.1) is 0 Å². The normalized spacial score (nSPS) is 15.7. The van der Waals surface area contributed by atoms with Crippen molar-refractivity contribution in [3.63, 3.8) is 0 Å². The Morgan fingerprint density at radius 1 is 1.21 bits per heavy atom. The van der Waals surface area contributed by atoms with Gasteiger partial charge >= 0.3 is 0 Å². The zero-order chi connectivity index (χ0) is 20.4. The van der Waals surface area contributed by atoms with Crippen LogP contribution >= 0.6 is 11.3 Å². The number of ether oxygens (including phenoxy) is 1. The van der Waals surface area contributed by atoms with Gasteiger partial charge in [-0.25, -0.2) is 13.4 Å². The Morgan fingerprint density at radius 2 is 1.97 bits per heavy atom. The van der Waals surface area contributed by atoms with E-state index in [9.17, 15) is 13.2 Å². The maximum absolute atomic E-state index is 13.2. The van der Waals surface area contributed by atoms with Gasteiger partial charge in [-0.3, -0.25) is 14.0 Å². The number of benzene rings is 2. The number of methoxy groups -OCH3 is 1. The molecule has 0 spiro atoms. The maximum Gasteiger partial charge on any atom is 0.260 e. The largest absolute Gasteiger partial charge is 0.383 e. The first-order chi connectivity index (χ1) is 14.0. The van der Waals surface area contributed by atoms with E-state index in [2.05, 4.69) is 4.98 Å². The summed E-state index contributed by atoms with van der Waals surface area (Å²) in [6.45, 7) is 1.23. The van der Waals surface area contributed by atoms with Gasteiger partial charge in [0.1, 0.15) is 0 Å². The Bertz CT molecular complexity index is 1090. The van der Waals surface area contributed by atoms with E-state index >= 15 is 0 Å². The lowest BCUT2D eigenvalue weighted by Gasteiger charge is -2.20. The quantitative estimate of drug-likeness (QED) is 0.599. The van der Waals surface area contributed by atoms with E-state index in [1.807, 2.05) is 24.3 Å². The molecule has 0 N–H and O–H groups in total. The van der Waals surface area contributed by atoms with Crippen LogP contribution in [0.4, 0.5) is 10.8 Å². The van der Waals surface area contributed by atoms with Gasteiger partial charge in [0.25, 0.3) is 5.91 Å². The Labute approximate surface area is 173 Å². The van der Waals surface area contributed by atoms with Crippen LogP contribution in [0.25, 0.3) is 10.2 Å². The molecule has 0 saturated carbocycles. The van der Waals surface area contributed by atoms with Gasteiger partial charge in [-0.15, -0.1) is 0 Å². The fourth-order valence-electron chi connectivity index (χ4n) is 3.30. The molecule has 152 valence electrons. The number of para-hydroxylation sites is 1. The van der Waals surface area contributed by atoms with Crippen molar-refractivity contribution in [3.8, 4) is 0 Å². The monoisotopic (exact) mass is 431 g/mol. The van der Waals surface area contributed by atoms with Crippen LogP contribution in [0.1, 0.15) is 16.8 Å². The van der Waals surface area contributed by atoms with E-state index in [0.29, 0.717) is 42.5 Å². The number of sulfonamides is 1. The number of aromatic nitrogens is 1. The van der Waals surface area contributed by atoms with Crippen molar-refractivity contribution in [1.82, 2.24) is 4.98 Å². The molecule has 3 aromatic rings. The highest BCUT2D eigenvalue weighted by Crippen LogP contribution is 2.30. The number of rotatable bonds is 6. The van der Waals surface area contributed by atoms with Gasteiger partial charge in [0.2, 0.25) is 10.0 Å². The van der Waals surface area contributed by atoms with Crippen LogP contribution in [0.5, 0.6) is 0 Å². The minimum absolute atomic E-state index is 0.163. The summed E-state index contributed by atoms with van der Waals surface area (Å²) >= 11 is 1.45. The van der Waals surface area contributed by atoms with Gasteiger partial charge in [-0.2, -0.15) is 0 Å². The van der Waals surface area contributed by atoms with E-state index in [1.54, 1.807) is 36.3 Å². The van der Waals surface area contributed by atoms with E-state index < -0.39 is 10.0 Å². The summed E-state index contributed by atoms with van der Waals surface area (Å²) in [6.07, 6.45) is 0.616. The molecule has 1 amide bonds. The van der Waals surface area contributed by atoms with Crippen LogP contribution in [-0.2, 0) is 14.8 Å². The van der Waals surface area contributed by atoms with Crippen molar-refractivity contribution < 1.29 is 17.9 Å². The molecule has 4 rings (SSSR count). The zero-order valence-electron chi connectivity index (χ0n) is 15.9. The number of amides is 1. The summed E-state index contributed by atoms with van der Waals surface area (Å²) in [6, 6.07) is 14.4. The third-order valence-corrected chi connectivity index (χ3v) is 7.71. The predicted molar refractivity (Wildman–Crippen MR) is 115 cm³/mol. The molecule has 2 aromatic carbocycles. The van der Waals surface area contributed by atoms with Crippen molar-refractivity contribution >= 4 is 48.3 Å². The summed E-state index contributed by atoms with van der Waals surface area (Å²) in [5.41, 5.74) is 1.90. The van der Waals surface area contributed by atoms with Crippen molar-refractivity contribution in [1.29, 1.82) is 0 Å². The molecular weight excluding hydrogens is 410 g/mol. The van der Waals surface area contributed by atoms with Gasteiger partial charge in [-0.05, 0) is 42.8 Å². The maximum atomic E-state index is 13.2. The number of carbonyl (C=O) groups is 1. The first-order valence-corrected chi connectivity index (χ1v) is 11.7. The highest BCUT2D eigenvalue weighted by molar-refractivity contribution is 7.93. The van der Waals surface area contributed by atoms with E-state index in [1.165, 1.54) is 15.6 Å². The van der Waals surface area contributed by atoms with Crippen LogP contribution in [-0.4, -0.2) is 51.9 Å². The molecule has 0 bridgehead atoms. The molecule has 0 atom stereocenters. The molecule has 0 unspecified atom stereocenters. The van der Waals surface area contributed by atoms with Gasteiger partial charge in [-0.1, -0.05) is 23.5 Å². The average Bonchev–Trinajstić information content (AvgIpc) is 3.30. The molecular formula is C20H21N3O4S2. The topological polar surface area (TPSA) is 79.8 Å². The number of nitrogens with zero attached hydrogens (tertiary/aromatic N) is 3. The lowest BCUT2D eigenvalue weighted by molar-refractivity contribution is 0.0976. The molecule has 1 saturated heterocycles. The molecule has 0 radical (unpaired) electrons. The second-order valence-corrected chi connectivity index (χ2v) is 9.72. The van der Waals surface area contributed by atoms with Crippen LogP contribution in [0.15, 0.2) is 48.5 Å². The number of fused-ring (bicyclic) bond motifs is 1. The lowest BCUT2D eigenvalue weighted by atomic mass is 10.2. The Balaban J connectivity index is 1.62. The molecule has 1 aromatic heterocycles.